The van der Waals surface area contributed by atoms with E-state index in [2.05, 4.69) is 0 Å². The minimum atomic E-state index is -0.606. The Kier molecular flexibility index (Phi) is 2.31. The third-order valence-corrected chi connectivity index (χ3v) is 3.03. The molecular weight excluding hydrogens is 184 g/mol. The Hall–Kier alpha value is -0.530. The predicted octanol–water partition coefficient (Wildman–Crippen LogP) is 3.10. The van der Waals surface area contributed by atoms with Crippen molar-refractivity contribution in [2.24, 2.45) is 0 Å². The Bertz CT molecular complexity index is 303. The Labute approximate surface area is 83.3 Å². The van der Waals surface area contributed by atoms with Gasteiger partial charge in [-0.05, 0) is 30.5 Å². The van der Waals surface area contributed by atoms with Gasteiger partial charge in [0.15, 0.2) is 0 Å². The molecule has 0 aliphatic heterocycles. The average molecular weight is 197 g/mol. The van der Waals surface area contributed by atoms with E-state index in [1.165, 1.54) is 0 Å². The van der Waals surface area contributed by atoms with Crippen LogP contribution in [-0.4, -0.2) is 5.11 Å². The van der Waals surface area contributed by atoms with Gasteiger partial charge in [0.05, 0.1) is 5.60 Å². The van der Waals surface area contributed by atoms with Gasteiger partial charge in [0.1, 0.15) is 0 Å². The monoisotopic (exact) mass is 196 g/mol. The minimum absolute atomic E-state index is 0.606. The highest BCUT2D eigenvalue weighted by Gasteiger charge is 2.32. The van der Waals surface area contributed by atoms with E-state index >= 15 is 0 Å². The fraction of sp³-hybridized carbons (Fsp3) is 0.455. The quantitative estimate of drug-likeness (QED) is 0.732. The Morgan fingerprint density at radius 1 is 1.23 bits per heavy atom. The molecule has 1 aromatic carbocycles. The maximum Gasteiger partial charge on any atom is 0.0897 e. The first-order chi connectivity index (χ1) is 6.21. The van der Waals surface area contributed by atoms with E-state index in [4.69, 9.17) is 11.6 Å². The van der Waals surface area contributed by atoms with Crippen LogP contribution >= 0.6 is 11.6 Å². The van der Waals surface area contributed by atoms with Crippen molar-refractivity contribution in [1.82, 2.24) is 0 Å². The van der Waals surface area contributed by atoms with Crippen molar-refractivity contribution in [3.63, 3.8) is 0 Å². The van der Waals surface area contributed by atoms with Crippen LogP contribution in [0.1, 0.15) is 31.2 Å². The summed E-state index contributed by atoms with van der Waals surface area (Å²) in [5.41, 5.74) is 0.364. The molecule has 0 unspecified atom stereocenters. The van der Waals surface area contributed by atoms with Crippen molar-refractivity contribution in [3.8, 4) is 0 Å². The smallest absolute Gasteiger partial charge is 0.0897 e. The number of benzene rings is 1. The molecule has 1 fully saturated rings. The highest BCUT2D eigenvalue weighted by Crippen LogP contribution is 2.38. The topological polar surface area (TPSA) is 20.2 Å². The minimum Gasteiger partial charge on any atom is -0.385 e. The van der Waals surface area contributed by atoms with Gasteiger partial charge in [0.2, 0.25) is 0 Å². The molecule has 1 saturated carbocycles. The largest absolute Gasteiger partial charge is 0.385 e. The second kappa shape index (κ2) is 3.32. The highest BCUT2D eigenvalue weighted by atomic mass is 35.5. The second-order valence-corrected chi connectivity index (χ2v) is 4.19. The molecule has 1 aromatic rings. The molecule has 13 heavy (non-hydrogen) atoms. The van der Waals surface area contributed by atoms with Crippen LogP contribution in [0.15, 0.2) is 24.3 Å². The number of hydrogen-bond acceptors (Lipinski definition) is 1. The number of rotatable bonds is 1. The lowest BCUT2D eigenvalue weighted by molar-refractivity contribution is 0.0445. The van der Waals surface area contributed by atoms with E-state index in [1.54, 1.807) is 0 Å². The van der Waals surface area contributed by atoms with Crippen molar-refractivity contribution in [2.45, 2.75) is 31.3 Å². The van der Waals surface area contributed by atoms with Crippen LogP contribution in [0.3, 0.4) is 0 Å². The first kappa shape index (κ1) is 9.04. The van der Waals surface area contributed by atoms with Crippen LogP contribution in [0.5, 0.6) is 0 Å². The van der Waals surface area contributed by atoms with E-state index in [-0.39, 0.29) is 0 Å². The van der Waals surface area contributed by atoms with Crippen LogP contribution in [0.25, 0.3) is 0 Å². The van der Waals surface area contributed by atoms with Crippen molar-refractivity contribution < 1.29 is 5.11 Å². The summed E-state index contributed by atoms with van der Waals surface area (Å²) >= 11 is 5.87. The molecule has 0 spiro atoms. The van der Waals surface area contributed by atoms with Gasteiger partial charge in [0, 0.05) is 5.02 Å². The number of aliphatic hydroxyl groups is 1. The van der Waals surface area contributed by atoms with Crippen LogP contribution in [0.4, 0.5) is 0 Å². The molecule has 0 aromatic heterocycles. The Balaban J connectivity index is 2.33. The normalized spacial score (nSPS) is 20.5. The number of hydrogen-bond donors (Lipinski definition) is 1. The summed E-state index contributed by atoms with van der Waals surface area (Å²) in [5.74, 6) is 0. The summed E-state index contributed by atoms with van der Waals surface area (Å²) in [6, 6.07) is 7.56. The van der Waals surface area contributed by atoms with Crippen molar-refractivity contribution in [1.29, 1.82) is 0 Å². The molecule has 0 heterocycles. The van der Waals surface area contributed by atoms with Gasteiger partial charge >= 0.3 is 0 Å². The fourth-order valence-electron chi connectivity index (χ4n) is 2.03. The van der Waals surface area contributed by atoms with Crippen LogP contribution in [-0.2, 0) is 5.60 Å². The molecule has 1 aliphatic rings. The third kappa shape index (κ3) is 1.72. The summed E-state index contributed by atoms with van der Waals surface area (Å²) in [6.45, 7) is 0. The molecule has 2 rings (SSSR count). The lowest BCUT2D eigenvalue weighted by Gasteiger charge is -2.22. The van der Waals surface area contributed by atoms with Crippen molar-refractivity contribution in [3.05, 3.63) is 34.9 Å². The summed E-state index contributed by atoms with van der Waals surface area (Å²) < 4.78 is 0. The van der Waals surface area contributed by atoms with Gasteiger partial charge < -0.3 is 5.11 Å². The van der Waals surface area contributed by atoms with Gasteiger partial charge in [0.25, 0.3) is 0 Å². The van der Waals surface area contributed by atoms with Gasteiger partial charge in [-0.2, -0.15) is 0 Å². The summed E-state index contributed by atoms with van der Waals surface area (Å²) in [7, 11) is 0. The third-order valence-electron chi connectivity index (χ3n) is 2.79. The molecule has 2 heteroatoms. The Morgan fingerprint density at radius 2 is 1.92 bits per heavy atom. The summed E-state index contributed by atoms with van der Waals surface area (Å²) in [4.78, 5) is 0. The average Bonchev–Trinajstić information content (AvgIpc) is 2.54. The standard InChI is InChI=1S/C11H13ClO/c12-10-5-3-4-9(8-10)11(13)6-1-2-7-11/h3-5,8,13H,1-2,6-7H2. The molecule has 1 N–H and O–H groups in total. The molecule has 0 saturated heterocycles. The maximum absolute atomic E-state index is 10.2. The van der Waals surface area contributed by atoms with Crippen molar-refractivity contribution in [2.75, 3.05) is 0 Å². The zero-order valence-corrected chi connectivity index (χ0v) is 8.22. The maximum atomic E-state index is 10.2. The van der Waals surface area contributed by atoms with Crippen molar-refractivity contribution >= 4 is 11.6 Å². The fourth-order valence-corrected chi connectivity index (χ4v) is 2.22. The Morgan fingerprint density at radius 3 is 2.54 bits per heavy atom. The molecule has 1 nitrogen and oxygen atoms in total. The van der Waals surface area contributed by atoms with Gasteiger partial charge in [-0.1, -0.05) is 36.6 Å². The zero-order valence-electron chi connectivity index (χ0n) is 7.46. The first-order valence-corrected chi connectivity index (χ1v) is 5.07. The van der Waals surface area contributed by atoms with Gasteiger partial charge in [-0.15, -0.1) is 0 Å². The molecule has 0 atom stereocenters. The molecule has 0 radical (unpaired) electrons. The summed E-state index contributed by atoms with van der Waals surface area (Å²) in [5, 5.41) is 10.9. The number of halogens is 1. The highest BCUT2D eigenvalue weighted by molar-refractivity contribution is 6.30. The lowest BCUT2D eigenvalue weighted by atomic mass is 9.92. The van der Waals surface area contributed by atoms with Crippen LogP contribution < -0.4 is 0 Å². The molecule has 70 valence electrons. The SMILES string of the molecule is OC1(c2cccc(Cl)c2)CCCC1. The predicted molar refractivity (Wildman–Crippen MR) is 53.8 cm³/mol. The van der Waals surface area contributed by atoms with Gasteiger partial charge in [-0.25, -0.2) is 0 Å². The first-order valence-electron chi connectivity index (χ1n) is 4.69. The van der Waals surface area contributed by atoms with Gasteiger partial charge in [-0.3, -0.25) is 0 Å². The molecular formula is C11H13ClO. The van der Waals surface area contributed by atoms with E-state index in [0.29, 0.717) is 5.02 Å². The second-order valence-electron chi connectivity index (χ2n) is 3.75. The molecule has 0 amide bonds. The van der Waals surface area contributed by atoms with Crippen LogP contribution in [0, 0.1) is 0 Å². The lowest BCUT2D eigenvalue weighted by Crippen LogP contribution is -2.20. The van der Waals surface area contributed by atoms with E-state index in [1.807, 2.05) is 24.3 Å². The van der Waals surface area contributed by atoms with Crippen LogP contribution in [0.2, 0.25) is 5.02 Å². The molecule has 1 aliphatic carbocycles. The summed E-state index contributed by atoms with van der Waals surface area (Å²) in [6.07, 6.45) is 3.96. The van der Waals surface area contributed by atoms with E-state index in [0.717, 1.165) is 31.2 Å². The van der Waals surface area contributed by atoms with E-state index < -0.39 is 5.60 Å². The zero-order chi connectivity index (χ0) is 9.31. The van der Waals surface area contributed by atoms with E-state index in [9.17, 15) is 5.11 Å². The molecule has 0 bridgehead atoms.